The predicted octanol–water partition coefficient (Wildman–Crippen LogP) is 2.10. The van der Waals surface area contributed by atoms with E-state index in [1.165, 1.54) is 12.8 Å². The van der Waals surface area contributed by atoms with Crippen molar-refractivity contribution in [2.45, 2.75) is 32.2 Å². The fraction of sp³-hybridized carbons (Fsp3) is 0.667. The Bertz CT molecular complexity index is 352. The molecule has 1 saturated heterocycles. The second-order valence-corrected chi connectivity index (χ2v) is 4.80. The van der Waals surface area contributed by atoms with Crippen LogP contribution in [-0.4, -0.2) is 35.6 Å². The van der Waals surface area contributed by atoms with Crippen molar-refractivity contribution in [3.63, 3.8) is 0 Å². The Balaban J connectivity index is 2.18. The highest BCUT2D eigenvalue weighted by Gasteiger charge is 2.23. The standard InChI is InChI=1S/C12H19ClN4/c1-2-6-17(10-4-3-5-14-7-10)12-11(13)8-15-9-16-12/h8-10,14H,2-7H2,1H3. The van der Waals surface area contributed by atoms with Crippen LogP contribution in [0.5, 0.6) is 0 Å². The molecule has 1 aliphatic rings. The largest absolute Gasteiger partial charge is 0.351 e. The van der Waals surface area contributed by atoms with Gasteiger partial charge in [-0.2, -0.15) is 0 Å². The molecule has 94 valence electrons. The van der Waals surface area contributed by atoms with Crippen molar-refractivity contribution >= 4 is 17.4 Å². The number of hydrogen-bond acceptors (Lipinski definition) is 4. The summed E-state index contributed by atoms with van der Waals surface area (Å²) in [5.74, 6) is 0.872. The predicted molar refractivity (Wildman–Crippen MR) is 70.6 cm³/mol. The number of nitrogens with one attached hydrogen (secondary N) is 1. The Morgan fingerprint density at radius 3 is 3.12 bits per heavy atom. The van der Waals surface area contributed by atoms with Crippen molar-refractivity contribution < 1.29 is 0 Å². The lowest BCUT2D eigenvalue weighted by molar-refractivity contribution is 0.429. The normalized spacial score (nSPS) is 20.2. The lowest BCUT2D eigenvalue weighted by Gasteiger charge is -2.35. The Morgan fingerprint density at radius 2 is 2.47 bits per heavy atom. The van der Waals surface area contributed by atoms with Crippen LogP contribution in [0.25, 0.3) is 0 Å². The van der Waals surface area contributed by atoms with E-state index in [1.807, 2.05) is 0 Å². The molecule has 0 bridgehead atoms. The SMILES string of the molecule is CCCN(c1ncncc1Cl)C1CCCNC1. The van der Waals surface area contributed by atoms with E-state index >= 15 is 0 Å². The quantitative estimate of drug-likeness (QED) is 0.894. The van der Waals surface area contributed by atoms with Gasteiger partial charge in [0.15, 0.2) is 5.82 Å². The minimum absolute atomic E-state index is 0.496. The van der Waals surface area contributed by atoms with Crippen LogP contribution in [0, 0.1) is 0 Å². The van der Waals surface area contributed by atoms with Crippen LogP contribution in [0.4, 0.5) is 5.82 Å². The minimum atomic E-state index is 0.496. The Kier molecular flexibility index (Phi) is 4.57. The van der Waals surface area contributed by atoms with Gasteiger partial charge < -0.3 is 10.2 Å². The van der Waals surface area contributed by atoms with Gasteiger partial charge in [0.25, 0.3) is 0 Å². The zero-order valence-electron chi connectivity index (χ0n) is 10.2. The van der Waals surface area contributed by atoms with Gasteiger partial charge >= 0.3 is 0 Å². The fourth-order valence-corrected chi connectivity index (χ4v) is 2.53. The molecule has 0 radical (unpaired) electrons. The molecule has 2 rings (SSSR count). The minimum Gasteiger partial charge on any atom is -0.351 e. The number of anilines is 1. The Labute approximate surface area is 107 Å². The van der Waals surface area contributed by atoms with Crippen LogP contribution in [0.1, 0.15) is 26.2 Å². The zero-order valence-corrected chi connectivity index (χ0v) is 11.0. The third-order valence-corrected chi connectivity index (χ3v) is 3.36. The van der Waals surface area contributed by atoms with Gasteiger partial charge in [-0.05, 0) is 25.8 Å². The molecule has 0 aromatic carbocycles. The molecule has 1 aliphatic heterocycles. The van der Waals surface area contributed by atoms with Crippen molar-refractivity contribution in [3.05, 3.63) is 17.5 Å². The summed E-state index contributed by atoms with van der Waals surface area (Å²) in [7, 11) is 0. The van der Waals surface area contributed by atoms with E-state index in [2.05, 4.69) is 27.1 Å². The van der Waals surface area contributed by atoms with E-state index in [0.717, 1.165) is 31.9 Å². The summed E-state index contributed by atoms with van der Waals surface area (Å²) in [6.07, 6.45) is 6.75. The van der Waals surface area contributed by atoms with E-state index in [1.54, 1.807) is 12.5 Å². The molecule has 1 fully saturated rings. The van der Waals surface area contributed by atoms with Gasteiger partial charge in [-0.1, -0.05) is 18.5 Å². The van der Waals surface area contributed by atoms with Crippen LogP contribution >= 0.6 is 11.6 Å². The summed E-state index contributed by atoms with van der Waals surface area (Å²) in [5.41, 5.74) is 0. The maximum Gasteiger partial charge on any atom is 0.151 e. The van der Waals surface area contributed by atoms with E-state index in [4.69, 9.17) is 11.6 Å². The van der Waals surface area contributed by atoms with Crippen molar-refractivity contribution in [1.82, 2.24) is 15.3 Å². The Morgan fingerprint density at radius 1 is 1.59 bits per heavy atom. The highest BCUT2D eigenvalue weighted by molar-refractivity contribution is 6.32. The molecular formula is C12H19ClN4. The molecule has 1 atom stereocenters. The third-order valence-electron chi connectivity index (χ3n) is 3.10. The summed E-state index contributed by atoms with van der Waals surface area (Å²) >= 11 is 6.19. The molecule has 5 heteroatoms. The number of piperidine rings is 1. The third kappa shape index (κ3) is 3.07. The second kappa shape index (κ2) is 6.17. The monoisotopic (exact) mass is 254 g/mol. The van der Waals surface area contributed by atoms with Crippen molar-refractivity contribution in [2.75, 3.05) is 24.5 Å². The number of nitrogens with zero attached hydrogens (tertiary/aromatic N) is 3. The summed E-state index contributed by atoms with van der Waals surface area (Å²) in [6.45, 7) is 5.30. The molecular weight excluding hydrogens is 236 g/mol. The average molecular weight is 255 g/mol. The van der Waals surface area contributed by atoms with Gasteiger partial charge in [-0.3, -0.25) is 0 Å². The van der Waals surface area contributed by atoms with Crippen LogP contribution in [0.3, 0.4) is 0 Å². The van der Waals surface area contributed by atoms with Crippen molar-refractivity contribution in [2.24, 2.45) is 0 Å². The molecule has 1 aromatic rings. The number of hydrogen-bond donors (Lipinski definition) is 1. The summed E-state index contributed by atoms with van der Waals surface area (Å²) in [6, 6.07) is 0.496. The van der Waals surface area contributed by atoms with Crippen LogP contribution in [-0.2, 0) is 0 Å². The maximum absolute atomic E-state index is 6.19. The highest BCUT2D eigenvalue weighted by atomic mass is 35.5. The summed E-state index contributed by atoms with van der Waals surface area (Å²) in [4.78, 5) is 10.6. The second-order valence-electron chi connectivity index (χ2n) is 4.39. The van der Waals surface area contributed by atoms with Crippen LogP contribution < -0.4 is 10.2 Å². The first-order chi connectivity index (χ1) is 8.33. The molecule has 0 aliphatic carbocycles. The number of rotatable bonds is 4. The highest BCUT2D eigenvalue weighted by Crippen LogP contribution is 2.25. The number of aromatic nitrogens is 2. The van der Waals surface area contributed by atoms with Crippen LogP contribution in [0.15, 0.2) is 12.5 Å². The molecule has 1 N–H and O–H groups in total. The lowest BCUT2D eigenvalue weighted by atomic mass is 10.1. The molecule has 2 heterocycles. The summed E-state index contributed by atoms with van der Waals surface area (Å²) in [5, 5.41) is 4.08. The molecule has 1 unspecified atom stereocenters. The van der Waals surface area contributed by atoms with Gasteiger partial charge in [-0.15, -0.1) is 0 Å². The average Bonchev–Trinajstić information content (AvgIpc) is 2.38. The molecule has 0 spiro atoms. The maximum atomic E-state index is 6.19. The van der Waals surface area contributed by atoms with Crippen LogP contribution in [0.2, 0.25) is 5.02 Å². The smallest absolute Gasteiger partial charge is 0.151 e. The molecule has 1 aromatic heterocycles. The van der Waals surface area contributed by atoms with Gasteiger partial charge in [0.2, 0.25) is 0 Å². The van der Waals surface area contributed by atoms with Gasteiger partial charge in [-0.25, -0.2) is 9.97 Å². The topological polar surface area (TPSA) is 41.1 Å². The van der Waals surface area contributed by atoms with Crippen molar-refractivity contribution in [1.29, 1.82) is 0 Å². The zero-order chi connectivity index (χ0) is 12.1. The van der Waals surface area contributed by atoms with Gasteiger partial charge in [0.05, 0.1) is 6.20 Å². The van der Waals surface area contributed by atoms with E-state index in [9.17, 15) is 0 Å². The first kappa shape index (κ1) is 12.6. The van der Waals surface area contributed by atoms with E-state index in [0.29, 0.717) is 11.1 Å². The fourth-order valence-electron chi connectivity index (χ4n) is 2.32. The molecule has 17 heavy (non-hydrogen) atoms. The van der Waals surface area contributed by atoms with Crippen molar-refractivity contribution in [3.8, 4) is 0 Å². The molecule has 0 saturated carbocycles. The Hall–Kier alpha value is -0.870. The van der Waals surface area contributed by atoms with E-state index < -0.39 is 0 Å². The van der Waals surface area contributed by atoms with Gasteiger partial charge in [0, 0.05) is 19.1 Å². The van der Waals surface area contributed by atoms with E-state index in [-0.39, 0.29) is 0 Å². The molecule has 0 amide bonds. The molecule has 4 nitrogen and oxygen atoms in total. The number of halogens is 1. The van der Waals surface area contributed by atoms with Gasteiger partial charge in [0.1, 0.15) is 11.3 Å². The first-order valence-corrected chi connectivity index (χ1v) is 6.63. The first-order valence-electron chi connectivity index (χ1n) is 6.25. The summed E-state index contributed by atoms with van der Waals surface area (Å²) < 4.78 is 0. The lowest BCUT2D eigenvalue weighted by Crippen LogP contribution is -2.47.